The summed E-state index contributed by atoms with van der Waals surface area (Å²) in [5.41, 5.74) is 1.38. The van der Waals surface area contributed by atoms with E-state index in [0.29, 0.717) is 24.7 Å². The average molecular weight is 329 g/mol. The van der Waals surface area contributed by atoms with Crippen molar-refractivity contribution in [2.45, 2.75) is 44.9 Å². The Hall–Kier alpha value is -1.84. The highest BCUT2D eigenvalue weighted by molar-refractivity contribution is 5.81. The summed E-state index contributed by atoms with van der Waals surface area (Å²) >= 11 is 0. The molecule has 0 radical (unpaired) electrons. The highest BCUT2D eigenvalue weighted by atomic mass is 16.4. The molecule has 1 aromatic rings. The van der Waals surface area contributed by atoms with Crippen LogP contribution in [0.1, 0.15) is 50.5 Å². The Morgan fingerprint density at radius 1 is 1.12 bits per heavy atom. The third-order valence-electron chi connectivity index (χ3n) is 5.93. The maximum atomic E-state index is 12.8. The third-order valence-corrected chi connectivity index (χ3v) is 5.93. The van der Waals surface area contributed by atoms with E-state index in [2.05, 4.69) is 31.2 Å². The molecular formula is C20H27NO3. The van der Waals surface area contributed by atoms with E-state index in [0.717, 1.165) is 32.4 Å². The lowest BCUT2D eigenvalue weighted by Gasteiger charge is -2.39. The summed E-state index contributed by atoms with van der Waals surface area (Å²) in [6.45, 7) is 3.80. The quantitative estimate of drug-likeness (QED) is 0.919. The Bertz CT molecular complexity index is 586. The summed E-state index contributed by atoms with van der Waals surface area (Å²) in [5, 5.41) is 9.14. The van der Waals surface area contributed by atoms with Gasteiger partial charge in [0.05, 0.1) is 5.92 Å². The van der Waals surface area contributed by atoms with Crippen LogP contribution < -0.4 is 0 Å². The highest BCUT2D eigenvalue weighted by Gasteiger charge is 2.38. The first kappa shape index (κ1) is 17.0. The van der Waals surface area contributed by atoms with E-state index in [1.807, 2.05) is 11.0 Å². The summed E-state index contributed by atoms with van der Waals surface area (Å²) in [4.78, 5) is 25.9. The number of carboxylic acid groups (broad SMARTS) is 1. The van der Waals surface area contributed by atoms with Gasteiger partial charge < -0.3 is 10.0 Å². The summed E-state index contributed by atoms with van der Waals surface area (Å²) in [7, 11) is 0. The molecule has 4 nitrogen and oxygen atoms in total. The fraction of sp³-hybridized carbons (Fsp3) is 0.600. The topological polar surface area (TPSA) is 57.6 Å². The van der Waals surface area contributed by atoms with Gasteiger partial charge >= 0.3 is 5.97 Å². The Morgan fingerprint density at radius 3 is 2.46 bits per heavy atom. The molecule has 0 bridgehead atoms. The number of rotatable bonds is 4. The number of aliphatic carboxylic acids is 1. The normalized spacial score (nSPS) is 30.3. The molecule has 0 spiro atoms. The van der Waals surface area contributed by atoms with Crippen molar-refractivity contribution in [1.82, 2.24) is 4.90 Å². The number of hydrogen-bond acceptors (Lipinski definition) is 2. The van der Waals surface area contributed by atoms with Gasteiger partial charge in [-0.05, 0) is 43.1 Å². The molecule has 24 heavy (non-hydrogen) atoms. The van der Waals surface area contributed by atoms with Crippen LogP contribution in [0.2, 0.25) is 0 Å². The van der Waals surface area contributed by atoms with Gasteiger partial charge in [-0.25, -0.2) is 0 Å². The van der Waals surface area contributed by atoms with Crippen LogP contribution in [-0.2, 0) is 9.59 Å². The number of benzene rings is 1. The van der Waals surface area contributed by atoms with Crippen molar-refractivity contribution in [2.24, 2.45) is 17.8 Å². The van der Waals surface area contributed by atoms with Crippen LogP contribution in [0.5, 0.6) is 0 Å². The second-order valence-electron chi connectivity index (χ2n) is 7.30. The molecule has 1 amide bonds. The van der Waals surface area contributed by atoms with Crippen molar-refractivity contribution in [3.05, 3.63) is 35.9 Å². The average Bonchev–Trinajstić information content (AvgIpc) is 3.11. The summed E-state index contributed by atoms with van der Waals surface area (Å²) < 4.78 is 0. The molecule has 4 atom stereocenters. The first-order valence-electron chi connectivity index (χ1n) is 9.16. The maximum Gasteiger partial charge on any atom is 0.306 e. The first-order valence-corrected chi connectivity index (χ1v) is 9.16. The second-order valence-corrected chi connectivity index (χ2v) is 7.30. The molecule has 3 rings (SSSR count). The fourth-order valence-corrected chi connectivity index (χ4v) is 4.47. The first-order chi connectivity index (χ1) is 11.6. The lowest BCUT2D eigenvalue weighted by molar-refractivity contribution is -0.142. The van der Waals surface area contributed by atoms with E-state index in [-0.39, 0.29) is 17.7 Å². The molecule has 2 unspecified atom stereocenters. The van der Waals surface area contributed by atoms with Crippen molar-refractivity contribution in [2.75, 3.05) is 13.1 Å². The minimum atomic E-state index is -0.750. The number of amides is 1. The van der Waals surface area contributed by atoms with E-state index in [1.54, 1.807) is 0 Å². The van der Waals surface area contributed by atoms with Crippen LogP contribution in [0.3, 0.4) is 0 Å². The molecule has 2 aliphatic rings. The number of likely N-dealkylation sites (tertiary alicyclic amines) is 1. The zero-order chi connectivity index (χ0) is 17.1. The van der Waals surface area contributed by atoms with E-state index in [9.17, 15) is 9.59 Å². The molecule has 1 aliphatic carbocycles. The van der Waals surface area contributed by atoms with E-state index >= 15 is 0 Å². The van der Waals surface area contributed by atoms with Gasteiger partial charge in [0.25, 0.3) is 0 Å². The molecule has 1 saturated carbocycles. The number of nitrogens with zero attached hydrogens (tertiary/aromatic N) is 1. The van der Waals surface area contributed by atoms with E-state index in [4.69, 9.17) is 5.11 Å². The largest absolute Gasteiger partial charge is 0.481 e. The second kappa shape index (κ2) is 7.37. The molecular weight excluding hydrogens is 302 g/mol. The SMILES string of the molecule is CCC1CN(C(=O)[C@@H]2CC[C@H](C(=O)O)C2)CCC1c1ccccc1. The van der Waals surface area contributed by atoms with Gasteiger partial charge in [0, 0.05) is 19.0 Å². The van der Waals surface area contributed by atoms with Crippen LogP contribution in [-0.4, -0.2) is 35.0 Å². The summed E-state index contributed by atoms with van der Waals surface area (Å²) in [6.07, 6.45) is 3.95. The lowest BCUT2D eigenvalue weighted by atomic mass is 9.79. The third kappa shape index (κ3) is 3.47. The maximum absolute atomic E-state index is 12.8. The fourth-order valence-electron chi connectivity index (χ4n) is 4.47. The molecule has 4 heteroatoms. The molecule has 1 aromatic carbocycles. The smallest absolute Gasteiger partial charge is 0.306 e. The van der Waals surface area contributed by atoms with Crippen LogP contribution in [0.15, 0.2) is 30.3 Å². The van der Waals surface area contributed by atoms with Crippen molar-refractivity contribution in [1.29, 1.82) is 0 Å². The Balaban J connectivity index is 1.63. The van der Waals surface area contributed by atoms with Crippen LogP contribution in [0.4, 0.5) is 0 Å². The zero-order valence-electron chi connectivity index (χ0n) is 14.4. The monoisotopic (exact) mass is 329 g/mol. The standard InChI is InChI=1S/C20H27NO3/c1-2-14-13-21(11-10-18(14)15-6-4-3-5-7-15)19(22)16-8-9-17(12-16)20(23)24/h3-7,14,16-18H,2,8-13H2,1H3,(H,23,24)/t14?,16-,17+,18?/m1/s1. The Labute approximate surface area is 143 Å². The van der Waals surface area contributed by atoms with Gasteiger partial charge in [-0.3, -0.25) is 9.59 Å². The van der Waals surface area contributed by atoms with Crippen molar-refractivity contribution in [3.8, 4) is 0 Å². The van der Waals surface area contributed by atoms with Gasteiger partial charge in [-0.1, -0.05) is 43.7 Å². The Kier molecular flexibility index (Phi) is 5.22. The molecule has 1 aliphatic heterocycles. The molecule has 1 heterocycles. The minimum Gasteiger partial charge on any atom is -0.481 e. The zero-order valence-corrected chi connectivity index (χ0v) is 14.4. The number of piperidine rings is 1. The lowest BCUT2D eigenvalue weighted by Crippen LogP contribution is -2.45. The van der Waals surface area contributed by atoms with Gasteiger partial charge in [0.15, 0.2) is 0 Å². The predicted molar refractivity (Wildman–Crippen MR) is 92.6 cm³/mol. The van der Waals surface area contributed by atoms with Gasteiger partial charge in [0.1, 0.15) is 0 Å². The molecule has 2 fully saturated rings. The van der Waals surface area contributed by atoms with E-state index in [1.165, 1.54) is 5.56 Å². The Morgan fingerprint density at radius 2 is 1.83 bits per heavy atom. The molecule has 0 aromatic heterocycles. The molecule has 1 saturated heterocycles. The number of carbonyl (C=O) groups excluding carboxylic acids is 1. The van der Waals surface area contributed by atoms with Crippen LogP contribution in [0, 0.1) is 17.8 Å². The van der Waals surface area contributed by atoms with E-state index < -0.39 is 5.97 Å². The minimum absolute atomic E-state index is 0.0862. The van der Waals surface area contributed by atoms with Crippen molar-refractivity contribution < 1.29 is 14.7 Å². The molecule has 130 valence electrons. The number of carboxylic acids is 1. The highest BCUT2D eigenvalue weighted by Crippen LogP contribution is 2.37. The van der Waals surface area contributed by atoms with Crippen molar-refractivity contribution >= 4 is 11.9 Å². The van der Waals surface area contributed by atoms with Gasteiger partial charge in [-0.2, -0.15) is 0 Å². The predicted octanol–water partition coefficient (Wildman–Crippen LogP) is 3.53. The van der Waals surface area contributed by atoms with Gasteiger partial charge in [0.2, 0.25) is 5.91 Å². The summed E-state index contributed by atoms with van der Waals surface area (Å²) in [5.74, 6) is 0.0280. The van der Waals surface area contributed by atoms with Gasteiger partial charge in [-0.15, -0.1) is 0 Å². The van der Waals surface area contributed by atoms with Crippen LogP contribution >= 0.6 is 0 Å². The van der Waals surface area contributed by atoms with Crippen LogP contribution in [0.25, 0.3) is 0 Å². The molecule has 1 N–H and O–H groups in total. The number of hydrogen-bond donors (Lipinski definition) is 1. The summed E-state index contributed by atoms with van der Waals surface area (Å²) in [6, 6.07) is 10.6. The number of carbonyl (C=O) groups is 2. The van der Waals surface area contributed by atoms with Crippen molar-refractivity contribution in [3.63, 3.8) is 0 Å².